The first-order valence-electron chi connectivity index (χ1n) is 13.6. The minimum absolute atomic E-state index is 0.0639. The number of carbonyl (C=O) groups excluding carboxylic acids is 2. The van der Waals surface area contributed by atoms with E-state index in [-0.39, 0.29) is 22.8 Å². The topological polar surface area (TPSA) is 121 Å². The van der Waals surface area contributed by atoms with Gasteiger partial charge in [-0.15, -0.1) is 0 Å². The number of piperazine rings is 1. The van der Waals surface area contributed by atoms with Gasteiger partial charge in [0.2, 0.25) is 11.3 Å². The minimum atomic E-state index is -0.387. The molecular weight excluding hydrogens is 496 g/mol. The number of amides is 2. The predicted octanol–water partition coefficient (Wildman–Crippen LogP) is 1.42. The zero-order valence-electron chi connectivity index (χ0n) is 22.4. The molecule has 204 valence electrons. The van der Waals surface area contributed by atoms with Gasteiger partial charge < -0.3 is 30.3 Å². The van der Waals surface area contributed by atoms with Crippen LogP contribution in [0.25, 0.3) is 27.7 Å². The highest BCUT2D eigenvalue weighted by Gasteiger charge is 2.26. The second kappa shape index (κ2) is 9.88. The summed E-state index contributed by atoms with van der Waals surface area (Å²) in [6, 6.07) is 9.14. The molecule has 0 atom stereocenters. The Morgan fingerprint density at radius 3 is 2.46 bits per heavy atom. The number of imidazole rings is 1. The van der Waals surface area contributed by atoms with E-state index in [0.717, 1.165) is 36.5 Å². The third-order valence-electron chi connectivity index (χ3n) is 8.09. The lowest BCUT2D eigenvalue weighted by Gasteiger charge is -2.35. The first-order valence-corrected chi connectivity index (χ1v) is 13.6. The number of rotatable bonds is 5. The van der Waals surface area contributed by atoms with Crippen molar-refractivity contribution in [2.24, 2.45) is 7.05 Å². The van der Waals surface area contributed by atoms with E-state index in [1.54, 1.807) is 13.0 Å². The molecule has 6 rings (SSSR count). The minimum Gasteiger partial charge on any atom is -0.399 e. The molecule has 11 nitrogen and oxygen atoms in total. The summed E-state index contributed by atoms with van der Waals surface area (Å²) in [4.78, 5) is 50.4. The molecule has 0 radical (unpaired) electrons. The molecule has 2 aliphatic rings. The van der Waals surface area contributed by atoms with Crippen LogP contribution in [0.5, 0.6) is 0 Å². The average Bonchev–Trinajstić information content (AvgIpc) is 3.55. The highest BCUT2D eigenvalue weighted by Crippen LogP contribution is 2.28. The van der Waals surface area contributed by atoms with Crippen molar-refractivity contribution < 1.29 is 9.59 Å². The van der Waals surface area contributed by atoms with Gasteiger partial charge in [-0.05, 0) is 56.3 Å². The maximum absolute atomic E-state index is 13.9. The van der Waals surface area contributed by atoms with Crippen LogP contribution >= 0.6 is 0 Å². The molecule has 0 aliphatic carbocycles. The van der Waals surface area contributed by atoms with Crippen molar-refractivity contribution >= 4 is 51.0 Å². The molecule has 0 saturated carbocycles. The first-order chi connectivity index (χ1) is 18.8. The van der Waals surface area contributed by atoms with Crippen LogP contribution in [0.15, 0.2) is 35.1 Å². The second-order valence-electron chi connectivity index (χ2n) is 10.5. The Kier molecular flexibility index (Phi) is 6.38. The van der Waals surface area contributed by atoms with Gasteiger partial charge in [0.1, 0.15) is 17.0 Å². The predicted molar refractivity (Wildman–Crippen MR) is 152 cm³/mol. The van der Waals surface area contributed by atoms with Gasteiger partial charge in [-0.1, -0.05) is 0 Å². The summed E-state index contributed by atoms with van der Waals surface area (Å²) in [5.74, 6) is 0.401. The highest BCUT2D eigenvalue weighted by molar-refractivity contribution is 6.06. The number of aryl methyl sites for hydroxylation is 1. The number of pyridine rings is 2. The first kappa shape index (κ1) is 25.2. The van der Waals surface area contributed by atoms with E-state index in [9.17, 15) is 14.4 Å². The fourth-order valence-corrected chi connectivity index (χ4v) is 5.95. The third kappa shape index (κ3) is 4.36. The Morgan fingerprint density at radius 2 is 1.74 bits per heavy atom. The number of aromatic nitrogens is 3. The molecule has 0 unspecified atom stereocenters. The van der Waals surface area contributed by atoms with Gasteiger partial charge in [-0.2, -0.15) is 0 Å². The van der Waals surface area contributed by atoms with Gasteiger partial charge in [0.05, 0.1) is 16.4 Å². The Labute approximate surface area is 225 Å². The van der Waals surface area contributed by atoms with Gasteiger partial charge in [0, 0.05) is 58.9 Å². The summed E-state index contributed by atoms with van der Waals surface area (Å²) in [6.45, 7) is 7.44. The number of fused-ring (bicyclic) bond motifs is 5. The van der Waals surface area contributed by atoms with Crippen LogP contribution in [0.1, 0.15) is 30.1 Å². The van der Waals surface area contributed by atoms with E-state index in [0.29, 0.717) is 55.1 Å². The largest absolute Gasteiger partial charge is 0.399 e. The number of likely N-dealkylation sites (tertiary alicyclic amines) is 1. The summed E-state index contributed by atoms with van der Waals surface area (Å²) < 4.78 is 3.75. The Bertz CT molecular complexity index is 1660. The van der Waals surface area contributed by atoms with Crippen molar-refractivity contribution in [2.45, 2.75) is 19.8 Å². The van der Waals surface area contributed by atoms with E-state index in [1.807, 2.05) is 45.2 Å². The molecule has 3 N–H and O–H groups in total. The van der Waals surface area contributed by atoms with Crippen LogP contribution in [0.2, 0.25) is 0 Å². The molecule has 39 heavy (non-hydrogen) atoms. The Hall–Kier alpha value is -4.12. The summed E-state index contributed by atoms with van der Waals surface area (Å²) in [5, 5.41) is 3.36. The standard InChI is InChI=1S/C28H34N8O3/c1-18(37)34-13-15-35(16-14-34)23-8-6-20-25(38)24(27(39)30-9-12-33-10-3-4-11-33)28-32(2)21-7-5-19(29)17-22(21)36(28)26(20)31-23/h5-8,17H,3-4,9-16,29H2,1-2H3,(H,30,39). The van der Waals surface area contributed by atoms with Crippen molar-refractivity contribution in [1.82, 2.24) is 29.1 Å². The monoisotopic (exact) mass is 530 g/mol. The molecule has 3 aromatic heterocycles. The van der Waals surface area contributed by atoms with E-state index in [1.165, 1.54) is 12.8 Å². The van der Waals surface area contributed by atoms with Crippen LogP contribution in [-0.2, 0) is 11.8 Å². The van der Waals surface area contributed by atoms with Gasteiger partial charge in [-0.3, -0.25) is 18.8 Å². The summed E-state index contributed by atoms with van der Waals surface area (Å²) in [6.07, 6.45) is 2.36. The molecule has 0 bridgehead atoms. The third-order valence-corrected chi connectivity index (χ3v) is 8.09. The quantitative estimate of drug-likeness (QED) is 0.374. The van der Waals surface area contributed by atoms with Crippen LogP contribution < -0.4 is 21.4 Å². The van der Waals surface area contributed by atoms with E-state index in [2.05, 4.69) is 15.1 Å². The average molecular weight is 531 g/mol. The Balaban J connectivity index is 1.47. The van der Waals surface area contributed by atoms with Crippen molar-refractivity contribution in [1.29, 1.82) is 0 Å². The van der Waals surface area contributed by atoms with Crippen LogP contribution in [0.3, 0.4) is 0 Å². The summed E-state index contributed by atoms with van der Waals surface area (Å²) in [7, 11) is 1.85. The molecule has 2 aliphatic heterocycles. The van der Waals surface area contributed by atoms with E-state index >= 15 is 0 Å². The SMILES string of the molecule is CC(=O)N1CCN(c2ccc3c(=O)c(C(=O)NCCN4CCCC4)c4n(C)c5ccc(N)cc5n4c3n2)CC1. The van der Waals surface area contributed by atoms with Gasteiger partial charge in [0.15, 0.2) is 5.65 Å². The fourth-order valence-electron chi connectivity index (χ4n) is 5.95. The number of hydrogen-bond acceptors (Lipinski definition) is 7. The molecule has 2 fully saturated rings. The number of nitrogens with two attached hydrogens (primary N) is 1. The lowest BCUT2D eigenvalue weighted by Crippen LogP contribution is -2.48. The van der Waals surface area contributed by atoms with Crippen LogP contribution in [-0.4, -0.2) is 87.9 Å². The molecule has 1 aromatic carbocycles. The number of benzene rings is 1. The normalized spacial score (nSPS) is 16.6. The van der Waals surface area contributed by atoms with Gasteiger partial charge >= 0.3 is 0 Å². The zero-order chi connectivity index (χ0) is 27.3. The summed E-state index contributed by atoms with van der Waals surface area (Å²) >= 11 is 0. The van der Waals surface area contributed by atoms with Crippen molar-refractivity contribution in [3.63, 3.8) is 0 Å². The lowest BCUT2D eigenvalue weighted by atomic mass is 10.1. The van der Waals surface area contributed by atoms with Crippen molar-refractivity contribution in [2.75, 3.05) is 63.0 Å². The number of nitrogen functional groups attached to an aromatic ring is 1. The lowest BCUT2D eigenvalue weighted by molar-refractivity contribution is -0.129. The van der Waals surface area contributed by atoms with Gasteiger partial charge in [0.25, 0.3) is 5.91 Å². The van der Waals surface area contributed by atoms with E-state index in [4.69, 9.17) is 10.7 Å². The molecular formula is C28H34N8O3. The maximum atomic E-state index is 13.9. The second-order valence-corrected chi connectivity index (χ2v) is 10.5. The summed E-state index contributed by atoms with van der Waals surface area (Å²) in [5.41, 5.74) is 9.09. The number of nitrogens with one attached hydrogen (secondary N) is 1. The van der Waals surface area contributed by atoms with Crippen molar-refractivity contribution in [3.05, 3.63) is 46.1 Å². The molecule has 5 heterocycles. The smallest absolute Gasteiger partial charge is 0.259 e. The zero-order valence-corrected chi connectivity index (χ0v) is 22.4. The number of carbonyl (C=O) groups is 2. The number of nitrogens with zero attached hydrogens (tertiary/aromatic N) is 6. The van der Waals surface area contributed by atoms with E-state index < -0.39 is 0 Å². The molecule has 2 saturated heterocycles. The maximum Gasteiger partial charge on any atom is 0.259 e. The van der Waals surface area contributed by atoms with Crippen LogP contribution in [0.4, 0.5) is 11.5 Å². The Morgan fingerprint density at radius 1 is 1.00 bits per heavy atom. The van der Waals surface area contributed by atoms with Crippen molar-refractivity contribution in [3.8, 4) is 0 Å². The molecule has 11 heteroatoms. The molecule has 2 amide bonds. The number of hydrogen-bond donors (Lipinski definition) is 2. The van der Waals surface area contributed by atoms with Crippen LogP contribution in [0, 0.1) is 0 Å². The van der Waals surface area contributed by atoms with Gasteiger partial charge in [-0.25, -0.2) is 4.98 Å². The molecule has 0 spiro atoms. The number of anilines is 2. The molecule has 4 aromatic rings. The highest BCUT2D eigenvalue weighted by atomic mass is 16.2. The fraction of sp³-hybridized carbons (Fsp3) is 0.429.